The second-order valence-electron chi connectivity index (χ2n) is 7.67. The number of hydrogen-bond acceptors (Lipinski definition) is 4. The van der Waals surface area contributed by atoms with Crippen LogP contribution in [-0.4, -0.2) is 37.2 Å². The van der Waals surface area contributed by atoms with Crippen molar-refractivity contribution in [3.8, 4) is 0 Å². The molecule has 0 bridgehead atoms. The average Bonchev–Trinajstić information content (AvgIpc) is 2.58. The molecule has 146 valence electrons. The molecule has 0 aliphatic rings. The second kappa shape index (κ2) is 10.9. The number of quaternary nitrogens is 2. The molecule has 0 aliphatic heterocycles. The second-order valence-corrected chi connectivity index (χ2v) is 7.67. The quantitative estimate of drug-likeness (QED) is 0.584. The molecule has 0 spiro atoms. The van der Waals surface area contributed by atoms with Gasteiger partial charge < -0.3 is 20.9 Å². The molecule has 0 fully saturated rings. The van der Waals surface area contributed by atoms with Gasteiger partial charge in [0.15, 0.2) is 12.1 Å². The maximum atomic E-state index is 11.9. The Labute approximate surface area is 156 Å². The molecule has 0 aliphatic carbocycles. The number of benzene rings is 1. The number of hydrogen-bond donors (Lipinski definition) is 2. The van der Waals surface area contributed by atoms with Crippen LogP contribution in [0.3, 0.4) is 0 Å². The third-order valence-corrected chi connectivity index (χ3v) is 3.77. The smallest absolute Gasteiger partial charge is 0.365 e. The highest BCUT2D eigenvalue weighted by molar-refractivity contribution is 5.74. The van der Waals surface area contributed by atoms with E-state index < -0.39 is 12.1 Å². The summed E-state index contributed by atoms with van der Waals surface area (Å²) < 4.78 is 10.4. The average molecular weight is 367 g/mol. The van der Waals surface area contributed by atoms with Gasteiger partial charge in [0.2, 0.25) is 0 Å². The van der Waals surface area contributed by atoms with Gasteiger partial charge in [0.25, 0.3) is 0 Å². The molecule has 0 unspecified atom stereocenters. The van der Waals surface area contributed by atoms with Crippen molar-refractivity contribution >= 4 is 11.9 Å². The third-order valence-electron chi connectivity index (χ3n) is 3.77. The zero-order valence-electron chi connectivity index (χ0n) is 16.5. The predicted octanol–water partition coefficient (Wildman–Crippen LogP) is 0.391. The Balaban J connectivity index is 2.50. The summed E-state index contributed by atoms with van der Waals surface area (Å²) in [7, 11) is 0. The van der Waals surface area contributed by atoms with Crippen LogP contribution in [0.15, 0.2) is 24.3 Å². The monoisotopic (exact) mass is 366 g/mol. The molecule has 1 rings (SSSR count). The first-order chi connectivity index (χ1) is 12.2. The molecule has 6 nitrogen and oxygen atoms in total. The number of ether oxygens (including phenoxy) is 2. The predicted molar refractivity (Wildman–Crippen MR) is 98.8 cm³/mol. The Morgan fingerprint density at radius 1 is 0.769 bits per heavy atom. The maximum absolute atomic E-state index is 11.9. The lowest BCUT2D eigenvalue weighted by molar-refractivity contribution is -0.408. The standard InChI is InChI=1S/C20H32N2O4/c1-13(2)11-25-19(23)17(21)9-15-5-7-16(8-6-15)10-18(22)20(24)26-12-14(3)4/h5-8,13-14,17-18H,9-12,21-22H2,1-4H3/p+2/t17-,18+. The van der Waals surface area contributed by atoms with Crippen LogP contribution in [0.25, 0.3) is 0 Å². The lowest BCUT2D eigenvalue weighted by Crippen LogP contribution is -2.66. The molecule has 1 aromatic carbocycles. The van der Waals surface area contributed by atoms with Gasteiger partial charge in [0, 0.05) is 12.8 Å². The lowest BCUT2D eigenvalue weighted by atomic mass is 10.0. The molecule has 0 saturated heterocycles. The van der Waals surface area contributed by atoms with Gasteiger partial charge in [0.05, 0.1) is 13.2 Å². The molecular formula is C20H34N2O4+2. The van der Waals surface area contributed by atoms with E-state index in [1.165, 1.54) is 0 Å². The van der Waals surface area contributed by atoms with E-state index in [1.807, 2.05) is 52.0 Å². The summed E-state index contributed by atoms with van der Waals surface area (Å²) in [5, 5.41) is 0. The third kappa shape index (κ3) is 8.45. The fraction of sp³-hybridized carbons (Fsp3) is 0.600. The van der Waals surface area contributed by atoms with Crippen molar-refractivity contribution in [3.05, 3.63) is 35.4 Å². The van der Waals surface area contributed by atoms with Gasteiger partial charge in [-0.15, -0.1) is 0 Å². The van der Waals surface area contributed by atoms with Crippen LogP contribution in [0.1, 0.15) is 38.8 Å². The molecule has 0 aromatic heterocycles. The number of rotatable bonds is 10. The summed E-state index contributed by atoms with van der Waals surface area (Å²) in [6.45, 7) is 8.83. The molecule has 0 heterocycles. The summed E-state index contributed by atoms with van der Waals surface area (Å²) in [4.78, 5) is 23.8. The largest absolute Gasteiger partial charge is 0.461 e. The number of esters is 2. The fourth-order valence-electron chi connectivity index (χ4n) is 2.28. The SMILES string of the molecule is CC(C)COC(=O)[C@H]([NH3+])Cc1ccc(C[C@H]([NH3+])C(=O)OCC(C)C)cc1. The summed E-state index contributed by atoms with van der Waals surface area (Å²) >= 11 is 0. The normalized spacial score (nSPS) is 13.5. The number of carbonyl (C=O) groups is 2. The van der Waals surface area contributed by atoms with Crippen LogP contribution in [0.5, 0.6) is 0 Å². The molecule has 0 amide bonds. The molecule has 0 saturated carbocycles. The Kier molecular flexibility index (Phi) is 9.30. The Hall–Kier alpha value is -1.92. The molecule has 2 atom stereocenters. The van der Waals surface area contributed by atoms with Gasteiger partial charge in [-0.05, 0) is 23.0 Å². The molecular weight excluding hydrogens is 332 g/mol. The number of carbonyl (C=O) groups excluding carboxylic acids is 2. The first-order valence-electron chi connectivity index (χ1n) is 9.26. The van der Waals surface area contributed by atoms with Crippen molar-refractivity contribution in [1.29, 1.82) is 0 Å². The van der Waals surface area contributed by atoms with Crippen molar-refractivity contribution in [3.63, 3.8) is 0 Å². The van der Waals surface area contributed by atoms with Crippen molar-refractivity contribution in [2.75, 3.05) is 13.2 Å². The zero-order valence-corrected chi connectivity index (χ0v) is 16.5. The van der Waals surface area contributed by atoms with Crippen LogP contribution in [-0.2, 0) is 31.9 Å². The summed E-state index contributed by atoms with van der Waals surface area (Å²) in [6.07, 6.45) is 1.06. The van der Waals surface area contributed by atoms with E-state index in [2.05, 4.69) is 11.5 Å². The first kappa shape index (κ1) is 22.1. The highest BCUT2D eigenvalue weighted by Crippen LogP contribution is 2.09. The molecule has 0 radical (unpaired) electrons. The van der Waals surface area contributed by atoms with Crippen LogP contribution in [0.4, 0.5) is 0 Å². The lowest BCUT2D eigenvalue weighted by Gasteiger charge is -2.12. The molecule has 6 heteroatoms. The van der Waals surface area contributed by atoms with Gasteiger partial charge in [-0.3, -0.25) is 0 Å². The molecule has 26 heavy (non-hydrogen) atoms. The van der Waals surface area contributed by atoms with Gasteiger partial charge in [0.1, 0.15) is 0 Å². The van der Waals surface area contributed by atoms with Gasteiger partial charge in [-0.1, -0.05) is 52.0 Å². The Morgan fingerprint density at radius 3 is 1.35 bits per heavy atom. The van der Waals surface area contributed by atoms with E-state index in [0.717, 1.165) is 11.1 Å². The Morgan fingerprint density at radius 2 is 1.08 bits per heavy atom. The minimum Gasteiger partial charge on any atom is -0.461 e. The first-order valence-corrected chi connectivity index (χ1v) is 9.26. The maximum Gasteiger partial charge on any atom is 0.365 e. The van der Waals surface area contributed by atoms with E-state index in [9.17, 15) is 9.59 Å². The Bertz CT molecular complexity index is 519. The van der Waals surface area contributed by atoms with Crippen molar-refractivity contribution in [1.82, 2.24) is 0 Å². The van der Waals surface area contributed by atoms with Crippen molar-refractivity contribution in [2.24, 2.45) is 11.8 Å². The van der Waals surface area contributed by atoms with E-state index in [4.69, 9.17) is 9.47 Å². The highest BCUT2D eigenvalue weighted by Gasteiger charge is 2.21. The summed E-state index contributed by atoms with van der Waals surface area (Å²) in [6, 6.07) is 6.97. The molecule has 1 aromatic rings. The van der Waals surface area contributed by atoms with Gasteiger partial charge in [-0.2, -0.15) is 0 Å². The van der Waals surface area contributed by atoms with E-state index in [-0.39, 0.29) is 11.9 Å². The van der Waals surface area contributed by atoms with Crippen LogP contribution >= 0.6 is 0 Å². The zero-order chi connectivity index (χ0) is 19.7. The van der Waals surface area contributed by atoms with Crippen molar-refractivity contribution in [2.45, 2.75) is 52.6 Å². The van der Waals surface area contributed by atoms with Crippen LogP contribution in [0.2, 0.25) is 0 Å². The fourth-order valence-corrected chi connectivity index (χ4v) is 2.28. The van der Waals surface area contributed by atoms with E-state index >= 15 is 0 Å². The van der Waals surface area contributed by atoms with Gasteiger partial charge in [-0.25, -0.2) is 9.59 Å². The minimum atomic E-state index is -0.425. The highest BCUT2D eigenvalue weighted by atomic mass is 16.5. The van der Waals surface area contributed by atoms with E-state index in [0.29, 0.717) is 37.9 Å². The summed E-state index contributed by atoms with van der Waals surface area (Å²) in [5.74, 6) is 0.0866. The van der Waals surface area contributed by atoms with Crippen LogP contribution in [0, 0.1) is 11.8 Å². The van der Waals surface area contributed by atoms with Gasteiger partial charge >= 0.3 is 11.9 Å². The summed E-state index contributed by atoms with van der Waals surface area (Å²) in [5.41, 5.74) is 9.81. The topological polar surface area (TPSA) is 108 Å². The van der Waals surface area contributed by atoms with Crippen molar-refractivity contribution < 1.29 is 30.5 Å². The minimum absolute atomic E-state index is 0.270. The van der Waals surface area contributed by atoms with Crippen LogP contribution < -0.4 is 11.5 Å². The molecule has 6 N–H and O–H groups in total. The van der Waals surface area contributed by atoms with E-state index in [1.54, 1.807) is 0 Å².